The van der Waals surface area contributed by atoms with Gasteiger partial charge < -0.3 is 9.47 Å². The van der Waals surface area contributed by atoms with Crippen LogP contribution < -0.4 is 4.74 Å². The van der Waals surface area contributed by atoms with Crippen molar-refractivity contribution in [1.29, 1.82) is 0 Å². The van der Waals surface area contributed by atoms with Crippen LogP contribution in [0.3, 0.4) is 0 Å². The Hall–Kier alpha value is -1.06. The second-order valence-corrected chi connectivity index (χ2v) is 4.84. The van der Waals surface area contributed by atoms with Gasteiger partial charge in [-0.2, -0.15) is 0 Å². The van der Waals surface area contributed by atoms with Gasteiger partial charge in [0.2, 0.25) is 0 Å². The predicted molar refractivity (Wildman–Crippen MR) is 64.0 cm³/mol. The highest BCUT2D eigenvalue weighted by Gasteiger charge is 2.29. The molecule has 1 atom stereocenters. The smallest absolute Gasteiger partial charge is 0.195 e. The molecule has 17 heavy (non-hydrogen) atoms. The Kier molecular flexibility index (Phi) is 2.81. The van der Waals surface area contributed by atoms with Crippen LogP contribution in [0, 0.1) is 0 Å². The molecule has 90 valence electrons. The molecule has 0 aromatic heterocycles. The van der Waals surface area contributed by atoms with Crippen molar-refractivity contribution in [2.45, 2.75) is 25.4 Å². The topological polar surface area (TPSA) is 35.5 Å². The van der Waals surface area contributed by atoms with Crippen molar-refractivity contribution in [2.75, 3.05) is 13.2 Å². The van der Waals surface area contributed by atoms with Crippen molar-refractivity contribution < 1.29 is 14.3 Å². The first-order valence-electron chi connectivity index (χ1n) is 5.87. The van der Waals surface area contributed by atoms with Crippen LogP contribution >= 0.6 is 11.6 Å². The maximum atomic E-state index is 12.3. The van der Waals surface area contributed by atoms with Gasteiger partial charge in [0.05, 0.1) is 12.2 Å². The number of carbonyl (C=O) groups is 1. The van der Waals surface area contributed by atoms with Crippen molar-refractivity contribution in [3.8, 4) is 5.75 Å². The van der Waals surface area contributed by atoms with E-state index in [1.807, 2.05) is 6.07 Å². The minimum atomic E-state index is -0.318. The summed E-state index contributed by atoms with van der Waals surface area (Å²) in [6.45, 7) is 1.29. The van der Waals surface area contributed by atoms with Crippen LogP contribution in [0.25, 0.3) is 0 Å². The third-order valence-corrected chi connectivity index (χ3v) is 3.45. The van der Waals surface area contributed by atoms with E-state index in [2.05, 4.69) is 0 Å². The molecule has 3 rings (SSSR count). The molecular formula is C13H13ClO3. The second-order valence-electron chi connectivity index (χ2n) is 4.41. The monoisotopic (exact) mass is 252 g/mol. The van der Waals surface area contributed by atoms with Crippen LogP contribution in [-0.4, -0.2) is 25.1 Å². The summed E-state index contributed by atoms with van der Waals surface area (Å²) < 4.78 is 11.0. The lowest BCUT2D eigenvalue weighted by atomic mass is 10.0. The highest BCUT2D eigenvalue weighted by atomic mass is 35.5. The quantitative estimate of drug-likeness (QED) is 0.759. The first-order chi connectivity index (χ1) is 8.25. The molecule has 0 spiro atoms. The van der Waals surface area contributed by atoms with Crippen LogP contribution in [0.1, 0.15) is 28.8 Å². The zero-order chi connectivity index (χ0) is 11.8. The Bertz CT molecular complexity index is 464. The van der Waals surface area contributed by atoms with Gasteiger partial charge in [-0.3, -0.25) is 4.79 Å². The lowest BCUT2D eigenvalue weighted by Crippen LogP contribution is -2.20. The van der Waals surface area contributed by atoms with Gasteiger partial charge >= 0.3 is 0 Å². The van der Waals surface area contributed by atoms with Gasteiger partial charge in [0.15, 0.2) is 5.78 Å². The van der Waals surface area contributed by atoms with Crippen molar-refractivity contribution in [2.24, 2.45) is 0 Å². The van der Waals surface area contributed by atoms with E-state index in [0.29, 0.717) is 29.5 Å². The lowest BCUT2D eigenvalue weighted by Gasteiger charge is -2.12. The molecule has 1 aromatic rings. The molecule has 1 fully saturated rings. The standard InChI is InChI=1S/C13H13ClO3/c14-9-6-8-3-5-17-13(8)10(7-9)12(15)11-2-1-4-16-11/h6-7,11H,1-5H2. The average molecular weight is 253 g/mol. The molecule has 0 bridgehead atoms. The molecule has 0 saturated carbocycles. The van der Waals surface area contributed by atoms with E-state index in [9.17, 15) is 4.79 Å². The highest BCUT2D eigenvalue weighted by molar-refractivity contribution is 6.31. The summed E-state index contributed by atoms with van der Waals surface area (Å²) in [5.41, 5.74) is 1.61. The normalized spacial score (nSPS) is 22.3. The van der Waals surface area contributed by atoms with Gasteiger partial charge in [-0.05, 0) is 30.5 Å². The number of hydrogen-bond donors (Lipinski definition) is 0. The maximum absolute atomic E-state index is 12.3. The fraction of sp³-hybridized carbons (Fsp3) is 0.462. The summed E-state index contributed by atoms with van der Waals surface area (Å²) in [6.07, 6.45) is 2.24. The van der Waals surface area contributed by atoms with E-state index in [0.717, 1.165) is 24.8 Å². The predicted octanol–water partition coefficient (Wildman–Crippen LogP) is 2.64. The number of benzene rings is 1. The van der Waals surface area contributed by atoms with Crippen molar-refractivity contribution >= 4 is 17.4 Å². The zero-order valence-electron chi connectivity index (χ0n) is 9.37. The number of fused-ring (bicyclic) bond motifs is 1. The van der Waals surface area contributed by atoms with E-state index in [-0.39, 0.29) is 11.9 Å². The van der Waals surface area contributed by atoms with Crippen molar-refractivity contribution in [3.63, 3.8) is 0 Å². The Balaban J connectivity index is 1.99. The fourth-order valence-corrected chi connectivity index (χ4v) is 2.65. The lowest BCUT2D eigenvalue weighted by molar-refractivity contribution is 0.0640. The Morgan fingerprint density at radius 1 is 1.35 bits per heavy atom. The van der Waals surface area contributed by atoms with Gasteiger partial charge in [-0.15, -0.1) is 0 Å². The van der Waals surface area contributed by atoms with Crippen molar-refractivity contribution in [3.05, 3.63) is 28.3 Å². The number of halogens is 1. The minimum absolute atomic E-state index is 0.00292. The Morgan fingerprint density at radius 2 is 2.24 bits per heavy atom. The van der Waals surface area contributed by atoms with Crippen LogP contribution in [0.15, 0.2) is 12.1 Å². The summed E-state index contributed by atoms with van der Waals surface area (Å²) >= 11 is 6.03. The summed E-state index contributed by atoms with van der Waals surface area (Å²) in [5.74, 6) is 0.707. The number of carbonyl (C=O) groups excluding carboxylic acids is 1. The molecule has 1 saturated heterocycles. The molecular weight excluding hydrogens is 240 g/mol. The highest BCUT2D eigenvalue weighted by Crippen LogP contribution is 2.34. The molecule has 2 aliphatic rings. The summed E-state index contributed by atoms with van der Waals surface area (Å²) in [7, 11) is 0. The molecule has 1 unspecified atom stereocenters. The molecule has 2 heterocycles. The van der Waals surface area contributed by atoms with E-state index in [1.165, 1.54) is 0 Å². The van der Waals surface area contributed by atoms with Crippen LogP contribution in [0.4, 0.5) is 0 Å². The zero-order valence-corrected chi connectivity index (χ0v) is 10.1. The van der Waals surface area contributed by atoms with Gasteiger partial charge in [0.1, 0.15) is 11.9 Å². The van der Waals surface area contributed by atoms with E-state index < -0.39 is 0 Å². The third-order valence-electron chi connectivity index (χ3n) is 3.24. The molecule has 3 nitrogen and oxygen atoms in total. The Morgan fingerprint density at radius 3 is 3.00 bits per heavy atom. The molecule has 1 aromatic carbocycles. The number of hydrogen-bond acceptors (Lipinski definition) is 3. The summed E-state index contributed by atoms with van der Waals surface area (Å²) in [6, 6.07) is 3.56. The fourth-order valence-electron chi connectivity index (χ4n) is 2.41. The van der Waals surface area contributed by atoms with E-state index in [4.69, 9.17) is 21.1 Å². The first kappa shape index (κ1) is 11.1. The van der Waals surface area contributed by atoms with E-state index >= 15 is 0 Å². The third kappa shape index (κ3) is 1.94. The van der Waals surface area contributed by atoms with E-state index in [1.54, 1.807) is 6.07 Å². The van der Waals surface area contributed by atoms with Crippen LogP contribution in [-0.2, 0) is 11.2 Å². The summed E-state index contributed by atoms with van der Waals surface area (Å²) in [5, 5.41) is 0.593. The molecule has 0 radical (unpaired) electrons. The summed E-state index contributed by atoms with van der Waals surface area (Å²) in [4.78, 5) is 12.3. The maximum Gasteiger partial charge on any atom is 0.195 e. The number of ketones is 1. The molecule has 4 heteroatoms. The first-order valence-corrected chi connectivity index (χ1v) is 6.24. The molecule has 0 N–H and O–H groups in total. The van der Waals surface area contributed by atoms with Gasteiger partial charge in [0, 0.05) is 18.1 Å². The second kappa shape index (κ2) is 4.31. The number of rotatable bonds is 2. The average Bonchev–Trinajstić information content (AvgIpc) is 2.97. The van der Waals surface area contributed by atoms with Crippen LogP contribution in [0.5, 0.6) is 5.75 Å². The molecule has 2 aliphatic heterocycles. The van der Waals surface area contributed by atoms with Gasteiger partial charge in [-0.25, -0.2) is 0 Å². The number of Topliss-reactive ketones (excluding diaryl/α,β-unsaturated/α-hetero) is 1. The molecule has 0 aliphatic carbocycles. The largest absolute Gasteiger partial charge is 0.492 e. The molecule has 0 amide bonds. The van der Waals surface area contributed by atoms with Gasteiger partial charge in [0.25, 0.3) is 0 Å². The SMILES string of the molecule is O=C(c1cc(Cl)cc2c1OCC2)C1CCCO1. The minimum Gasteiger partial charge on any atom is -0.492 e. The van der Waals surface area contributed by atoms with Crippen molar-refractivity contribution in [1.82, 2.24) is 0 Å². The number of ether oxygens (including phenoxy) is 2. The van der Waals surface area contributed by atoms with Gasteiger partial charge in [-0.1, -0.05) is 11.6 Å². The Labute approximate surface area is 105 Å². The van der Waals surface area contributed by atoms with Crippen LogP contribution in [0.2, 0.25) is 5.02 Å².